The van der Waals surface area contributed by atoms with Gasteiger partial charge >= 0.3 is 6.18 Å². The minimum Gasteiger partial charge on any atom is -0.316 e. The lowest BCUT2D eigenvalue weighted by atomic mass is 9.91. The Labute approximate surface area is 104 Å². The third kappa shape index (κ3) is 2.03. The third-order valence-electron chi connectivity index (χ3n) is 4.36. The highest BCUT2D eigenvalue weighted by atomic mass is 19.4. The fourth-order valence-electron chi connectivity index (χ4n) is 3.53. The lowest BCUT2D eigenvalue weighted by Crippen LogP contribution is -2.14. The Morgan fingerprint density at radius 3 is 2.22 bits per heavy atom. The summed E-state index contributed by atoms with van der Waals surface area (Å²) in [4.78, 5) is 0. The summed E-state index contributed by atoms with van der Waals surface area (Å²) in [5.41, 5.74) is 0.0577. The number of rotatable bonds is 1. The highest BCUT2D eigenvalue weighted by molar-refractivity contribution is 5.33. The van der Waals surface area contributed by atoms with Gasteiger partial charge in [0.25, 0.3) is 0 Å². The molecule has 1 aromatic carbocycles. The van der Waals surface area contributed by atoms with Gasteiger partial charge < -0.3 is 5.32 Å². The highest BCUT2D eigenvalue weighted by Crippen LogP contribution is 2.47. The fraction of sp³-hybridized carbons (Fsp3) is 0.571. The van der Waals surface area contributed by atoms with E-state index in [1.165, 1.54) is 12.1 Å². The largest absolute Gasteiger partial charge is 0.416 e. The van der Waals surface area contributed by atoms with Crippen LogP contribution in [0.2, 0.25) is 0 Å². The molecular weight excluding hydrogens is 239 g/mol. The van der Waals surface area contributed by atoms with Crippen LogP contribution in [0.1, 0.15) is 29.9 Å². The molecule has 2 aliphatic rings. The van der Waals surface area contributed by atoms with Crippen LogP contribution < -0.4 is 5.32 Å². The highest BCUT2D eigenvalue weighted by Gasteiger charge is 2.41. The van der Waals surface area contributed by atoms with Crippen LogP contribution in [0, 0.1) is 11.8 Å². The van der Waals surface area contributed by atoms with Crippen molar-refractivity contribution in [1.82, 2.24) is 5.32 Å². The van der Waals surface area contributed by atoms with E-state index in [-0.39, 0.29) is 5.92 Å². The Balaban J connectivity index is 1.89. The van der Waals surface area contributed by atoms with Gasteiger partial charge in [0.1, 0.15) is 0 Å². The molecule has 1 saturated carbocycles. The van der Waals surface area contributed by atoms with Gasteiger partial charge in [-0.05, 0) is 55.3 Å². The lowest BCUT2D eigenvalue weighted by Gasteiger charge is -2.18. The van der Waals surface area contributed by atoms with Gasteiger partial charge in [-0.2, -0.15) is 13.2 Å². The van der Waals surface area contributed by atoms with Crippen molar-refractivity contribution in [3.8, 4) is 0 Å². The molecule has 1 N–H and O–H groups in total. The molecule has 0 amide bonds. The summed E-state index contributed by atoms with van der Waals surface area (Å²) in [5.74, 6) is 1.22. The predicted molar refractivity (Wildman–Crippen MR) is 63.3 cm³/mol. The zero-order valence-corrected chi connectivity index (χ0v) is 10.0. The minimum absolute atomic E-state index is 0.0833. The first-order valence-corrected chi connectivity index (χ1v) is 6.42. The number of hydrogen-bond donors (Lipinski definition) is 1. The van der Waals surface area contributed by atoms with Crippen molar-refractivity contribution >= 4 is 0 Å². The lowest BCUT2D eigenvalue weighted by molar-refractivity contribution is -0.138. The summed E-state index contributed by atoms with van der Waals surface area (Å²) >= 11 is 0. The van der Waals surface area contributed by atoms with E-state index in [0.29, 0.717) is 17.4 Å². The summed E-state index contributed by atoms with van der Waals surface area (Å²) in [6.45, 7) is 1.94. The first-order valence-electron chi connectivity index (χ1n) is 6.42. The van der Waals surface area contributed by atoms with E-state index in [1.54, 1.807) is 12.1 Å². The van der Waals surface area contributed by atoms with E-state index in [4.69, 9.17) is 0 Å². The van der Waals surface area contributed by atoms with Crippen LogP contribution in [0.4, 0.5) is 13.2 Å². The number of halogens is 3. The Kier molecular flexibility index (Phi) is 2.85. The topological polar surface area (TPSA) is 12.0 Å². The predicted octanol–water partition coefficient (Wildman–Crippen LogP) is 3.42. The summed E-state index contributed by atoms with van der Waals surface area (Å²) in [5, 5.41) is 3.32. The molecule has 1 saturated heterocycles. The Hall–Kier alpha value is -1.03. The standard InChI is InChI=1S/C14H16F3N/c15-14(16,17)13-4-2-1-3-12(13)9-5-10-7-18-8-11(10)6-9/h1-4,9-11,18H,5-8H2/t9-,10+,11-. The number of hydrogen-bond acceptors (Lipinski definition) is 1. The van der Waals surface area contributed by atoms with E-state index < -0.39 is 11.7 Å². The van der Waals surface area contributed by atoms with Crippen LogP contribution in [0.3, 0.4) is 0 Å². The molecule has 0 spiro atoms. The molecule has 3 rings (SSSR count). The average Bonchev–Trinajstić information content (AvgIpc) is 2.87. The Bertz CT molecular complexity index is 429. The summed E-state index contributed by atoms with van der Waals surface area (Å²) in [6.07, 6.45) is -2.44. The van der Waals surface area contributed by atoms with Crippen LogP contribution in [0.5, 0.6) is 0 Å². The molecule has 1 aromatic rings. The molecule has 0 radical (unpaired) electrons. The summed E-state index contributed by atoms with van der Waals surface area (Å²) in [6, 6.07) is 6.06. The van der Waals surface area contributed by atoms with Gasteiger partial charge in [0.2, 0.25) is 0 Å². The first kappa shape index (κ1) is 12.0. The van der Waals surface area contributed by atoms with Gasteiger partial charge in [-0.3, -0.25) is 0 Å². The third-order valence-corrected chi connectivity index (χ3v) is 4.36. The zero-order chi connectivity index (χ0) is 12.8. The van der Waals surface area contributed by atoms with Crippen molar-refractivity contribution in [2.45, 2.75) is 24.9 Å². The number of benzene rings is 1. The van der Waals surface area contributed by atoms with E-state index >= 15 is 0 Å². The molecule has 4 heteroatoms. The van der Waals surface area contributed by atoms with Crippen molar-refractivity contribution in [2.24, 2.45) is 11.8 Å². The van der Waals surface area contributed by atoms with Gasteiger partial charge in [0, 0.05) is 0 Å². The zero-order valence-electron chi connectivity index (χ0n) is 10.0. The van der Waals surface area contributed by atoms with Gasteiger partial charge in [0.05, 0.1) is 5.56 Å². The van der Waals surface area contributed by atoms with Gasteiger partial charge in [-0.25, -0.2) is 0 Å². The average molecular weight is 255 g/mol. The molecular formula is C14H16F3N. The molecule has 0 bridgehead atoms. The molecule has 2 fully saturated rings. The van der Waals surface area contributed by atoms with Crippen molar-refractivity contribution in [2.75, 3.05) is 13.1 Å². The Morgan fingerprint density at radius 1 is 1.00 bits per heavy atom. The van der Waals surface area contributed by atoms with Gasteiger partial charge in [-0.1, -0.05) is 18.2 Å². The Morgan fingerprint density at radius 2 is 1.61 bits per heavy atom. The van der Waals surface area contributed by atoms with Crippen LogP contribution in [0.15, 0.2) is 24.3 Å². The van der Waals surface area contributed by atoms with E-state index in [2.05, 4.69) is 5.32 Å². The molecule has 3 atom stereocenters. The van der Waals surface area contributed by atoms with Gasteiger partial charge in [-0.15, -0.1) is 0 Å². The molecule has 1 heterocycles. The van der Waals surface area contributed by atoms with Crippen LogP contribution in [-0.2, 0) is 6.18 Å². The second kappa shape index (κ2) is 4.26. The van der Waals surface area contributed by atoms with Crippen LogP contribution in [0.25, 0.3) is 0 Å². The number of nitrogens with one attached hydrogen (secondary N) is 1. The number of alkyl halides is 3. The monoisotopic (exact) mass is 255 g/mol. The molecule has 0 unspecified atom stereocenters. The van der Waals surface area contributed by atoms with Crippen molar-refractivity contribution in [1.29, 1.82) is 0 Å². The van der Waals surface area contributed by atoms with Crippen LogP contribution >= 0.6 is 0 Å². The SMILES string of the molecule is FC(F)(F)c1ccccc1[C@@H]1C[C@H]2CNC[C@H]2C1. The molecule has 18 heavy (non-hydrogen) atoms. The molecule has 1 nitrogen and oxygen atoms in total. The van der Waals surface area contributed by atoms with Crippen molar-refractivity contribution in [3.05, 3.63) is 35.4 Å². The number of fused-ring (bicyclic) bond motifs is 1. The molecule has 1 aliphatic carbocycles. The normalized spacial score (nSPS) is 31.6. The maximum atomic E-state index is 13.0. The second-order valence-electron chi connectivity index (χ2n) is 5.43. The molecule has 98 valence electrons. The summed E-state index contributed by atoms with van der Waals surface area (Å²) in [7, 11) is 0. The first-order chi connectivity index (χ1) is 8.55. The second-order valence-corrected chi connectivity index (χ2v) is 5.43. The maximum Gasteiger partial charge on any atom is 0.416 e. The quantitative estimate of drug-likeness (QED) is 0.810. The maximum absolute atomic E-state index is 13.0. The molecule has 0 aromatic heterocycles. The minimum atomic E-state index is -4.23. The van der Waals surface area contributed by atoms with E-state index in [9.17, 15) is 13.2 Å². The summed E-state index contributed by atoms with van der Waals surface area (Å²) < 4.78 is 38.9. The molecule has 1 aliphatic heterocycles. The van der Waals surface area contributed by atoms with Gasteiger partial charge in [0.15, 0.2) is 0 Å². The fourth-order valence-corrected chi connectivity index (χ4v) is 3.53. The van der Waals surface area contributed by atoms with Crippen molar-refractivity contribution < 1.29 is 13.2 Å². The smallest absolute Gasteiger partial charge is 0.316 e. The van der Waals surface area contributed by atoms with E-state index in [0.717, 1.165) is 25.9 Å². The van der Waals surface area contributed by atoms with E-state index in [1.807, 2.05) is 0 Å². The van der Waals surface area contributed by atoms with Crippen molar-refractivity contribution in [3.63, 3.8) is 0 Å². The van der Waals surface area contributed by atoms with Crippen LogP contribution in [-0.4, -0.2) is 13.1 Å².